The summed E-state index contributed by atoms with van der Waals surface area (Å²) in [6.07, 6.45) is 6.75. The van der Waals surface area contributed by atoms with Crippen LogP contribution in [0.15, 0.2) is 30.5 Å². The van der Waals surface area contributed by atoms with E-state index < -0.39 is 0 Å². The van der Waals surface area contributed by atoms with Crippen molar-refractivity contribution in [3.05, 3.63) is 52.8 Å². The third kappa shape index (κ3) is 1.84. The molecule has 3 rings (SSSR count). The van der Waals surface area contributed by atoms with Crippen molar-refractivity contribution in [2.75, 3.05) is 0 Å². The number of aromatic nitrogens is 1. The van der Waals surface area contributed by atoms with Gasteiger partial charge in [-0.05, 0) is 72.6 Å². The van der Waals surface area contributed by atoms with Crippen molar-refractivity contribution in [1.29, 1.82) is 0 Å². The monoisotopic (exact) mass is 237 g/mol. The molecule has 1 heteroatoms. The Balaban J connectivity index is 2.11. The summed E-state index contributed by atoms with van der Waals surface area (Å²) in [7, 11) is 0. The molecule has 0 N–H and O–H groups in total. The maximum Gasteiger partial charge on any atom is 0.0407 e. The third-order valence-corrected chi connectivity index (χ3v) is 4.06. The van der Waals surface area contributed by atoms with Crippen molar-refractivity contribution in [2.24, 2.45) is 0 Å². The number of fused-ring (bicyclic) bond motifs is 1. The average Bonchev–Trinajstić information content (AvgIpc) is 2.88. The lowest BCUT2D eigenvalue weighted by atomic mass is 9.94. The number of hydrogen-bond acceptors (Lipinski definition) is 1. The molecule has 18 heavy (non-hydrogen) atoms. The van der Waals surface area contributed by atoms with Gasteiger partial charge < -0.3 is 0 Å². The Morgan fingerprint density at radius 3 is 2.89 bits per heavy atom. The molecule has 1 aliphatic carbocycles. The van der Waals surface area contributed by atoms with E-state index in [2.05, 4.69) is 43.1 Å². The molecule has 0 spiro atoms. The predicted molar refractivity (Wildman–Crippen MR) is 75.8 cm³/mol. The van der Waals surface area contributed by atoms with Gasteiger partial charge in [0.2, 0.25) is 0 Å². The van der Waals surface area contributed by atoms with Gasteiger partial charge in [-0.3, -0.25) is 4.98 Å². The van der Waals surface area contributed by atoms with Gasteiger partial charge in [-0.15, -0.1) is 0 Å². The Hall–Kier alpha value is -1.63. The molecule has 0 saturated carbocycles. The highest BCUT2D eigenvalue weighted by atomic mass is 14.7. The van der Waals surface area contributed by atoms with E-state index in [1.165, 1.54) is 41.6 Å². The molecule has 1 heterocycles. The smallest absolute Gasteiger partial charge is 0.0407 e. The number of aryl methyl sites for hydroxylation is 2. The number of pyridine rings is 1. The van der Waals surface area contributed by atoms with Gasteiger partial charge in [0, 0.05) is 11.9 Å². The summed E-state index contributed by atoms with van der Waals surface area (Å²) in [5.74, 6) is 0. The van der Waals surface area contributed by atoms with Crippen LogP contribution >= 0.6 is 0 Å². The highest BCUT2D eigenvalue weighted by Gasteiger charge is 2.15. The van der Waals surface area contributed by atoms with Crippen LogP contribution in [-0.2, 0) is 19.3 Å². The van der Waals surface area contributed by atoms with Crippen molar-refractivity contribution in [3.63, 3.8) is 0 Å². The van der Waals surface area contributed by atoms with E-state index in [0.717, 1.165) is 6.42 Å². The minimum absolute atomic E-state index is 0.998. The van der Waals surface area contributed by atoms with Crippen LogP contribution in [0.1, 0.15) is 35.7 Å². The van der Waals surface area contributed by atoms with Gasteiger partial charge in [-0.25, -0.2) is 0 Å². The Kier molecular flexibility index (Phi) is 2.91. The van der Waals surface area contributed by atoms with Crippen LogP contribution in [-0.4, -0.2) is 4.98 Å². The lowest BCUT2D eigenvalue weighted by Crippen LogP contribution is -1.93. The summed E-state index contributed by atoms with van der Waals surface area (Å²) in [4.78, 5) is 4.39. The SMILES string of the molecule is CCc1cc(-c2ccc3c(c2C)CCC3)ccn1. The third-order valence-electron chi connectivity index (χ3n) is 4.06. The van der Waals surface area contributed by atoms with Crippen LogP contribution in [0.2, 0.25) is 0 Å². The molecule has 0 fully saturated rings. The molecule has 0 saturated heterocycles. The Bertz CT molecular complexity index is 584. The highest BCUT2D eigenvalue weighted by molar-refractivity contribution is 5.69. The van der Waals surface area contributed by atoms with Gasteiger partial charge in [0.05, 0.1) is 0 Å². The maximum absolute atomic E-state index is 4.39. The maximum atomic E-state index is 4.39. The molecule has 0 radical (unpaired) electrons. The van der Waals surface area contributed by atoms with Gasteiger partial charge in [0.15, 0.2) is 0 Å². The minimum atomic E-state index is 0.998. The standard InChI is InChI=1S/C17H19N/c1-3-15-11-14(9-10-18-15)17-8-7-13-5-4-6-16(13)12(17)2/h7-11H,3-6H2,1-2H3. The summed E-state index contributed by atoms with van der Waals surface area (Å²) in [6, 6.07) is 8.96. The van der Waals surface area contributed by atoms with Crippen LogP contribution < -0.4 is 0 Å². The number of benzene rings is 1. The first-order valence-corrected chi connectivity index (χ1v) is 6.86. The predicted octanol–water partition coefficient (Wildman–Crippen LogP) is 4.11. The molecule has 1 aromatic heterocycles. The highest BCUT2D eigenvalue weighted by Crippen LogP contribution is 2.32. The summed E-state index contributed by atoms with van der Waals surface area (Å²) in [6.45, 7) is 4.42. The number of rotatable bonds is 2. The molecule has 92 valence electrons. The van der Waals surface area contributed by atoms with Gasteiger partial charge >= 0.3 is 0 Å². The van der Waals surface area contributed by atoms with Crippen molar-refractivity contribution >= 4 is 0 Å². The van der Waals surface area contributed by atoms with E-state index in [0.29, 0.717) is 0 Å². The second-order valence-corrected chi connectivity index (χ2v) is 5.12. The van der Waals surface area contributed by atoms with Gasteiger partial charge in [0.1, 0.15) is 0 Å². The van der Waals surface area contributed by atoms with Crippen LogP contribution in [0.5, 0.6) is 0 Å². The lowest BCUT2D eigenvalue weighted by molar-refractivity contribution is 0.909. The zero-order valence-electron chi connectivity index (χ0n) is 11.2. The van der Waals surface area contributed by atoms with E-state index >= 15 is 0 Å². The van der Waals surface area contributed by atoms with Crippen molar-refractivity contribution in [2.45, 2.75) is 39.5 Å². The van der Waals surface area contributed by atoms with E-state index in [9.17, 15) is 0 Å². The van der Waals surface area contributed by atoms with Crippen LogP contribution in [0, 0.1) is 6.92 Å². The second-order valence-electron chi connectivity index (χ2n) is 5.12. The second kappa shape index (κ2) is 4.56. The number of nitrogens with zero attached hydrogens (tertiary/aromatic N) is 1. The molecular weight excluding hydrogens is 218 g/mol. The minimum Gasteiger partial charge on any atom is -0.261 e. The molecule has 2 aromatic rings. The Morgan fingerprint density at radius 2 is 2.06 bits per heavy atom. The normalized spacial score (nSPS) is 13.7. The molecule has 1 aromatic carbocycles. The van der Waals surface area contributed by atoms with E-state index in [1.54, 1.807) is 11.1 Å². The zero-order chi connectivity index (χ0) is 12.5. The van der Waals surface area contributed by atoms with E-state index in [1.807, 2.05) is 6.20 Å². The first-order chi connectivity index (χ1) is 8.79. The fourth-order valence-corrected chi connectivity index (χ4v) is 3.00. The first kappa shape index (κ1) is 11.5. The molecule has 0 unspecified atom stereocenters. The first-order valence-electron chi connectivity index (χ1n) is 6.86. The van der Waals surface area contributed by atoms with E-state index in [4.69, 9.17) is 0 Å². The molecule has 0 atom stereocenters. The van der Waals surface area contributed by atoms with Crippen LogP contribution in [0.4, 0.5) is 0 Å². The van der Waals surface area contributed by atoms with Crippen LogP contribution in [0.25, 0.3) is 11.1 Å². The lowest BCUT2D eigenvalue weighted by Gasteiger charge is -2.12. The Labute approximate surface area is 109 Å². The molecule has 1 aliphatic rings. The summed E-state index contributed by atoms with van der Waals surface area (Å²) >= 11 is 0. The Morgan fingerprint density at radius 1 is 1.17 bits per heavy atom. The largest absolute Gasteiger partial charge is 0.261 e. The van der Waals surface area contributed by atoms with Crippen molar-refractivity contribution in [3.8, 4) is 11.1 Å². The van der Waals surface area contributed by atoms with Crippen molar-refractivity contribution in [1.82, 2.24) is 4.98 Å². The van der Waals surface area contributed by atoms with Gasteiger partial charge in [0.25, 0.3) is 0 Å². The summed E-state index contributed by atoms with van der Waals surface area (Å²) in [5.41, 5.74) is 8.48. The molecule has 0 amide bonds. The quantitative estimate of drug-likeness (QED) is 0.766. The topological polar surface area (TPSA) is 12.9 Å². The molecular formula is C17H19N. The van der Waals surface area contributed by atoms with Crippen LogP contribution in [0.3, 0.4) is 0 Å². The fourth-order valence-electron chi connectivity index (χ4n) is 3.00. The number of hydrogen-bond donors (Lipinski definition) is 0. The average molecular weight is 237 g/mol. The van der Waals surface area contributed by atoms with Gasteiger partial charge in [-0.2, -0.15) is 0 Å². The molecule has 1 nitrogen and oxygen atoms in total. The zero-order valence-corrected chi connectivity index (χ0v) is 11.2. The molecule has 0 aliphatic heterocycles. The van der Waals surface area contributed by atoms with E-state index in [-0.39, 0.29) is 0 Å². The summed E-state index contributed by atoms with van der Waals surface area (Å²) < 4.78 is 0. The van der Waals surface area contributed by atoms with Crippen molar-refractivity contribution < 1.29 is 0 Å². The molecule has 0 bridgehead atoms. The fraction of sp³-hybridized carbons (Fsp3) is 0.353. The summed E-state index contributed by atoms with van der Waals surface area (Å²) in [5, 5.41) is 0. The van der Waals surface area contributed by atoms with Gasteiger partial charge in [-0.1, -0.05) is 19.1 Å².